The Morgan fingerprint density at radius 3 is 2.60 bits per heavy atom. The molecule has 25 heavy (non-hydrogen) atoms. The van der Waals surface area contributed by atoms with Crippen LogP contribution in [0.4, 0.5) is 5.95 Å². The Hall–Kier alpha value is -2.74. The van der Waals surface area contributed by atoms with Crippen molar-refractivity contribution in [3.63, 3.8) is 0 Å². The van der Waals surface area contributed by atoms with Gasteiger partial charge in [0.25, 0.3) is 5.91 Å². The van der Waals surface area contributed by atoms with Crippen LogP contribution < -0.4 is 15.4 Å². The van der Waals surface area contributed by atoms with Crippen LogP contribution in [0.3, 0.4) is 0 Å². The Morgan fingerprint density at radius 1 is 1.28 bits per heavy atom. The largest absolute Gasteiger partial charge is 0.495 e. The number of ether oxygens (including phenoxy) is 1. The number of carbonyl (C=O) groups is 1. The topological polar surface area (TPSA) is 109 Å². The van der Waals surface area contributed by atoms with E-state index >= 15 is 0 Å². The highest BCUT2D eigenvalue weighted by Gasteiger charge is 2.36. The van der Waals surface area contributed by atoms with Gasteiger partial charge in [0, 0.05) is 25.6 Å². The first-order chi connectivity index (χ1) is 12.1. The van der Waals surface area contributed by atoms with Gasteiger partial charge >= 0.3 is 0 Å². The number of nitrogens with zero attached hydrogens (tertiary/aromatic N) is 3. The van der Waals surface area contributed by atoms with Crippen LogP contribution in [-0.2, 0) is 0 Å². The summed E-state index contributed by atoms with van der Waals surface area (Å²) in [7, 11) is 3.28. The van der Waals surface area contributed by atoms with E-state index in [1.54, 1.807) is 26.6 Å². The summed E-state index contributed by atoms with van der Waals surface area (Å²) in [5.74, 6) is 0.952. The number of carbonyl (C=O) groups excluding carboxylic acids is 1. The summed E-state index contributed by atoms with van der Waals surface area (Å²) in [6.45, 7) is 0. The number of methoxy groups -OCH3 is 1. The second kappa shape index (κ2) is 7.43. The average molecular weight is 343 g/mol. The van der Waals surface area contributed by atoms with Gasteiger partial charge in [0.2, 0.25) is 5.95 Å². The van der Waals surface area contributed by atoms with E-state index in [0.29, 0.717) is 30.1 Å². The summed E-state index contributed by atoms with van der Waals surface area (Å²) in [6.07, 6.45) is 7.23. The van der Waals surface area contributed by atoms with E-state index in [1.165, 1.54) is 12.4 Å². The van der Waals surface area contributed by atoms with Gasteiger partial charge in [-0.25, -0.2) is 9.97 Å². The van der Waals surface area contributed by atoms with Gasteiger partial charge < -0.3 is 20.5 Å². The zero-order valence-electron chi connectivity index (χ0n) is 14.1. The maximum Gasteiger partial charge on any atom is 0.254 e. The molecule has 132 valence electrons. The molecule has 0 aliphatic heterocycles. The highest BCUT2D eigenvalue weighted by Crippen LogP contribution is 2.38. The second-order valence-corrected chi connectivity index (χ2v) is 6.04. The first-order valence-corrected chi connectivity index (χ1v) is 8.08. The van der Waals surface area contributed by atoms with Crippen LogP contribution in [0.25, 0.3) is 0 Å². The van der Waals surface area contributed by atoms with Crippen LogP contribution in [0.1, 0.15) is 34.8 Å². The first-order valence-electron chi connectivity index (χ1n) is 8.08. The van der Waals surface area contributed by atoms with Crippen molar-refractivity contribution >= 4 is 11.9 Å². The van der Waals surface area contributed by atoms with Gasteiger partial charge in [-0.15, -0.1) is 0 Å². The fourth-order valence-electron chi connectivity index (χ4n) is 2.89. The van der Waals surface area contributed by atoms with Crippen molar-refractivity contribution in [1.82, 2.24) is 20.3 Å². The molecule has 8 heteroatoms. The SMILES string of the molecule is CNc1ncc(C(=O)N[C@H](c2cncc(OC)c2)C2CC(O)C2)cn1. The number of aromatic nitrogens is 3. The summed E-state index contributed by atoms with van der Waals surface area (Å²) in [5, 5.41) is 15.5. The van der Waals surface area contributed by atoms with Crippen LogP contribution >= 0.6 is 0 Å². The van der Waals surface area contributed by atoms with Crippen LogP contribution in [0.15, 0.2) is 30.9 Å². The molecule has 0 spiro atoms. The van der Waals surface area contributed by atoms with E-state index < -0.39 is 0 Å². The van der Waals surface area contributed by atoms with Crippen molar-refractivity contribution in [2.75, 3.05) is 19.5 Å². The Morgan fingerprint density at radius 2 is 2.00 bits per heavy atom. The molecule has 2 aromatic heterocycles. The van der Waals surface area contributed by atoms with Gasteiger partial charge in [-0.05, 0) is 30.4 Å². The van der Waals surface area contributed by atoms with Gasteiger partial charge in [-0.1, -0.05) is 0 Å². The molecule has 2 heterocycles. The summed E-state index contributed by atoms with van der Waals surface area (Å²) in [4.78, 5) is 24.9. The monoisotopic (exact) mass is 343 g/mol. The minimum absolute atomic E-state index is 0.144. The van der Waals surface area contributed by atoms with Crippen LogP contribution in [0, 0.1) is 5.92 Å². The van der Waals surface area contributed by atoms with E-state index in [1.807, 2.05) is 6.07 Å². The Balaban J connectivity index is 1.80. The molecular weight excluding hydrogens is 322 g/mol. The Bertz CT molecular complexity index is 731. The smallest absolute Gasteiger partial charge is 0.254 e. The molecule has 3 rings (SSSR count). The molecule has 1 amide bonds. The van der Waals surface area contributed by atoms with Gasteiger partial charge in [-0.2, -0.15) is 0 Å². The molecule has 3 N–H and O–H groups in total. The predicted octanol–water partition coefficient (Wildman–Crippen LogP) is 1.16. The van der Waals surface area contributed by atoms with Crippen molar-refractivity contribution < 1.29 is 14.6 Å². The quantitative estimate of drug-likeness (QED) is 0.722. The molecule has 0 radical (unpaired) electrons. The van der Waals surface area contributed by atoms with Gasteiger partial charge in [-0.3, -0.25) is 9.78 Å². The predicted molar refractivity (Wildman–Crippen MR) is 91.3 cm³/mol. The number of pyridine rings is 1. The van der Waals surface area contributed by atoms with Crippen molar-refractivity contribution in [3.05, 3.63) is 42.0 Å². The average Bonchev–Trinajstić information content (AvgIpc) is 2.63. The number of hydrogen-bond donors (Lipinski definition) is 3. The minimum Gasteiger partial charge on any atom is -0.495 e. The standard InChI is InChI=1S/C17H21N5O3/c1-18-17-20-7-12(8-21-17)16(24)22-15(10-3-13(23)4-10)11-5-14(25-2)9-19-6-11/h5-10,13,15,23H,3-4H2,1-2H3,(H,22,24)(H,18,20,21)/t10?,13?,15-/m0/s1. The molecule has 1 aliphatic carbocycles. The van der Waals surface area contributed by atoms with E-state index in [9.17, 15) is 9.90 Å². The highest BCUT2D eigenvalue weighted by molar-refractivity contribution is 5.94. The lowest BCUT2D eigenvalue weighted by Gasteiger charge is -2.38. The van der Waals surface area contributed by atoms with Crippen LogP contribution in [0.5, 0.6) is 5.75 Å². The fourth-order valence-corrected chi connectivity index (χ4v) is 2.89. The number of anilines is 1. The van der Waals surface area contributed by atoms with Crippen molar-refractivity contribution in [2.45, 2.75) is 25.0 Å². The number of hydrogen-bond acceptors (Lipinski definition) is 7. The molecule has 2 aromatic rings. The number of rotatable bonds is 6. The first kappa shape index (κ1) is 17.1. The lowest BCUT2D eigenvalue weighted by molar-refractivity contribution is 0.0234. The Labute approximate surface area is 145 Å². The molecule has 1 aliphatic rings. The summed E-state index contributed by atoms with van der Waals surface area (Å²) in [6, 6.07) is 1.59. The molecule has 8 nitrogen and oxygen atoms in total. The highest BCUT2D eigenvalue weighted by atomic mass is 16.5. The third kappa shape index (κ3) is 3.85. The molecule has 0 aromatic carbocycles. The number of aliphatic hydroxyl groups is 1. The van der Waals surface area contributed by atoms with Gasteiger partial charge in [0.05, 0.1) is 31.0 Å². The number of amides is 1. The van der Waals surface area contributed by atoms with E-state index in [-0.39, 0.29) is 24.0 Å². The molecule has 0 bridgehead atoms. The van der Waals surface area contributed by atoms with Crippen molar-refractivity contribution in [1.29, 1.82) is 0 Å². The third-order valence-corrected chi connectivity index (χ3v) is 4.37. The molecule has 1 fully saturated rings. The maximum atomic E-state index is 12.6. The lowest BCUT2D eigenvalue weighted by Crippen LogP contribution is -2.41. The zero-order chi connectivity index (χ0) is 17.8. The summed E-state index contributed by atoms with van der Waals surface area (Å²) >= 11 is 0. The normalized spacial score (nSPS) is 20.3. The maximum absolute atomic E-state index is 12.6. The third-order valence-electron chi connectivity index (χ3n) is 4.37. The summed E-state index contributed by atoms with van der Waals surface area (Å²) < 4.78 is 5.22. The summed E-state index contributed by atoms with van der Waals surface area (Å²) in [5.41, 5.74) is 1.22. The van der Waals surface area contributed by atoms with Crippen molar-refractivity contribution in [2.24, 2.45) is 5.92 Å². The zero-order valence-corrected chi connectivity index (χ0v) is 14.1. The van der Waals surface area contributed by atoms with Crippen molar-refractivity contribution in [3.8, 4) is 5.75 Å². The van der Waals surface area contributed by atoms with Crippen LogP contribution in [-0.4, -0.2) is 46.2 Å². The van der Waals surface area contributed by atoms with E-state index in [2.05, 4.69) is 25.6 Å². The number of aliphatic hydroxyl groups excluding tert-OH is 1. The molecule has 1 saturated carbocycles. The van der Waals surface area contributed by atoms with E-state index in [0.717, 1.165) is 5.56 Å². The lowest BCUT2D eigenvalue weighted by atomic mass is 9.75. The molecule has 0 saturated heterocycles. The van der Waals surface area contributed by atoms with E-state index in [4.69, 9.17) is 4.74 Å². The van der Waals surface area contributed by atoms with Crippen LogP contribution in [0.2, 0.25) is 0 Å². The number of nitrogens with one attached hydrogen (secondary N) is 2. The second-order valence-electron chi connectivity index (χ2n) is 6.04. The minimum atomic E-state index is -0.318. The van der Waals surface area contributed by atoms with Gasteiger partial charge in [0.15, 0.2) is 0 Å². The molecule has 1 atom stereocenters. The van der Waals surface area contributed by atoms with Gasteiger partial charge in [0.1, 0.15) is 5.75 Å². The fraction of sp³-hybridized carbons (Fsp3) is 0.412. The molecule has 0 unspecified atom stereocenters. The Kier molecular flexibility index (Phi) is 5.08. The molecular formula is C17H21N5O3.